The lowest BCUT2D eigenvalue weighted by Gasteiger charge is -2.13. The summed E-state index contributed by atoms with van der Waals surface area (Å²) in [5.41, 5.74) is 1.77. The van der Waals surface area contributed by atoms with Crippen LogP contribution in [0.3, 0.4) is 0 Å². The molecule has 27 heavy (non-hydrogen) atoms. The van der Waals surface area contributed by atoms with E-state index in [1.165, 1.54) is 24.3 Å². The van der Waals surface area contributed by atoms with Gasteiger partial charge in [0.2, 0.25) is 0 Å². The van der Waals surface area contributed by atoms with Gasteiger partial charge in [0.25, 0.3) is 10.0 Å². The molecule has 3 N–H and O–H groups in total. The second-order valence-electron chi connectivity index (χ2n) is 6.63. The zero-order valence-electron chi connectivity index (χ0n) is 14.9. The molecule has 144 valence electrons. The van der Waals surface area contributed by atoms with Crippen molar-refractivity contribution < 1.29 is 8.42 Å². The van der Waals surface area contributed by atoms with Crippen LogP contribution in [0, 0.1) is 5.92 Å². The fraction of sp³-hybridized carbons (Fsp3) is 0.278. The Bertz CT molecular complexity index is 1050. The van der Waals surface area contributed by atoms with Gasteiger partial charge >= 0.3 is 0 Å². The summed E-state index contributed by atoms with van der Waals surface area (Å²) in [6, 6.07) is 9.34. The fourth-order valence-corrected chi connectivity index (χ4v) is 3.96. The summed E-state index contributed by atoms with van der Waals surface area (Å²) >= 11 is 12.0. The van der Waals surface area contributed by atoms with Crippen molar-refractivity contribution >= 4 is 55.5 Å². The van der Waals surface area contributed by atoms with Crippen molar-refractivity contribution in [3.8, 4) is 0 Å². The minimum Gasteiger partial charge on any atom is -0.383 e. The largest absolute Gasteiger partial charge is 0.383 e. The number of hydrogen-bond acceptors (Lipinski definition) is 4. The SMILES string of the molecule is CC(C)CCNc1cc(NS(=O)(=O)c2ccc(Cl)cc2)cc2c(Cl)[nH]nc12. The van der Waals surface area contributed by atoms with Crippen LogP contribution in [-0.2, 0) is 10.0 Å². The molecule has 0 aliphatic rings. The van der Waals surface area contributed by atoms with Crippen LogP contribution in [0.2, 0.25) is 10.2 Å². The molecule has 1 heterocycles. The molecule has 0 radical (unpaired) electrons. The normalized spacial score (nSPS) is 11.9. The van der Waals surface area contributed by atoms with E-state index in [0.717, 1.165) is 13.0 Å². The van der Waals surface area contributed by atoms with E-state index in [9.17, 15) is 8.42 Å². The van der Waals surface area contributed by atoms with Gasteiger partial charge in [0.15, 0.2) is 0 Å². The lowest BCUT2D eigenvalue weighted by atomic mass is 10.1. The van der Waals surface area contributed by atoms with Crippen molar-refractivity contribution in [1.82, 2.24) is 10.2 Å². The van der Waals surface area contributed by atoms with Crippen LogP contribution in [0.25, 0.3) is 10.9 Å². The smallest absolute Gasteiger partial charge is 0.261 e. The Morgan fingerprint density at radius 2 is 1.85 bits per heavy atom. The maximum Gasteiger partial charge on any atom is 0.261 e. The molecular formula is C18H20Cl2N4O2S. The number of anilines is 2. The minimum absolute atomic E-state index is 0.125. The Kier molecular flexibility index (Phi) is 5.83. The molecule has 0 aliphatic carbocycles. The van der Waals surface area contributed by atoms with Gasteiger partial charge in [-0.3, -0.25) is 9.82 Å². The van der Waals surface area contributed by atoms with Gasteiger partial charge in [0, 0.05) is 17.0 Å². The van der Waals surface area contributed by atoms with Crippen LogP contribution in [0.5, 0.6) is 0 Å². The number of halogens is 2. The number of hydrogen-bond donors (Lipinski definition) is 3. The van der Waals surface area contributed by atoms with E-state index in [0.29, 0.717) is 38.4 Å². The quantitative estimate of drug-likeness (QED) is 0.488. The molecule has 0 saturated heterocycles. The van der Waals surface area contributed by atoms with Crippen molar-refractivity contribution in [2.75, 3.05) is 16.6 Å². The first kappa shape index (κ1) is 19.8. The summed E-state index contributed by atoms with van der Waals surface area (Å²) in [6.07, 6.45) is 0.973. The van der Waals surface area contributed by atoms with Crippen molar-refractivity contribution in [2.24, 2.45) is 5.92 Å². The molecule has 0 amide bonds. The summed E-state index contributed by atoms with van der Waals surface area (Å²) in [4.78, 5) is 0.125. The number of nitrogens with one attached hydrogen (secondary N) is 3. The van der Waals surface area contributed by atoms with Crippen LogP contribution in [0.15, 0.2) is 41.3 Å². The number of benzene rings is 2. The maximum absolute atomic E-state index is 12.7. The zero-order chi connectivity index (χ0) is 19.6. The third-order valence-corrected chi connectivity index (χ3v) is 5.96. The molecule has 0 aliphatic heterocycles. The lowest BCUT2D eigenvalue weighted by Crippen LogP contribution is -2.13. The number of aromatic nitrogens is 2. The Labute approximate surface area is 168 Å². The summed E-state index contributed by atoms with van der Waals surface area (Å²) in [6.45, 7) is 5.02. The molecule has 0 unspecified atom stereocenters. The first-order valence-electron chi connectivity index (χ1n) is 8.46. The minimum atomic E-state index is -3.76. The highest BCUT2D eigenvalue weighted by molar-refractivity contribution is 7.92. The molecule has 0 spiro atoms. The van der Waals surface area contributed by atoms with Crippen LogP contribution in [0.1, 0.15) is 20.3 Å². The molecule has 2 aromatic carbocycles. The number of fused-ring (bicyclic) bond motifs is 1. The molecule has 3 aromatic rings. The lowest BCUT2D eigenvalue weighted by molar-refractivity contribution is 0.601. The Morgan fingerprint density at radius 1 is 1.15 bits per heavy atom. The highest BCUT2D eigenvalue weighted by Gasteiger charge is 2.17. The van der Waals surface area contributed by atoms with E-state index in [1.54, 1.807) is 12.1 Å². The predicted octanol–water partition coefficient (Wildman–Crippen LogP) is 5.13. The van der Waals surface area contributed by atoms with Gasteiger partial charge in [-0.2, -0.15) is 5.10 Å². The van der Waals surface area contributed by atoms with Crippen molar-refractivity contribution in [3.05, 3.63) is 46.6 Å². The summed E-state index contributed by atoms with van der Waals surface area (Å²) in [7, 11) is -3.76. The van der Waals surface area contributed by atoms with Gasteiger partial charge in [-0.25, -0.2) is 8.42 Å². The van der Waals surface area contributed by atoms with Crippen molar-refractivity contribution in [1.29, 1.82) is 0 Å². The van der Waals surface area contributed by atoms with Crippen molar-refractivity contribution in [2.45, 2.75) is 25.2 Å². The van der Waals surface area contributed by atoms with E-state index in [1.807, 2.05) is 0 Å². The van der Waals surface area contributed by atoms with Gasteiger partial charge < -0.3 is 5.32 Å². The highest BCUT2D eigenvalue weighted by Crippen LogP contribution is 2.32. The molecule has 9 heteroatoms. The average Bonchev–Trinajstić information content (AvgIpc) is 2.96. The van der Waals surface area contributed by atoms with E-state index in [4.69, 9.17) is 23.2 Å². The van der Waals surface area contributed by atoms with E-state index in [2.05, 4.69) is 34.1 Å². The summed E-state index contributed by atoms with van der Waals surface area (Å²) < 4.78 is 27.9. The average molecular weight is 427 g/mol. The Morgan fingerprint density at radius 3 is 2.52 bits per heavy atom. The zero-order valence-corrected chi connectivity index (χ0v) is 17.2. The first-order chi connectivity index (χ1) is 12.8. The van der Waals surface area contributed by atoms with Gasteiger partial charge in [-0.1, -0.05) is 37.0 Å². The maximum atomic E-state index is 12.7. The summed E-state index contributed by atoms with van der Waals surface area (Å²) in [5, 5.41) is 11.7. The Hall–Kier alpha value is -1.96. The number of nitrogens with zero attached hydrogens (tertiary/aromatic N) is 1. The third-order valence-electron chi connectivity index (χ3n) is 4.03. The monoisotopic (exact) mass is 426 g/mol. The van der Waals surface area contributed by atoms with Crippen LogP contribution < -0.4 is 10.0 Å². The molecular weight excluding hydrogens is 407 g/mol. The standard InChI is InChI=1S/C18H20Cl2N4O2S/c1-11(2)7-8-21-16-10-13(9-15-17(16)22-23-18(15)20)24-27(25,26)14-5-3-12(19)4-6-14/h3-6,9-11,21,24H,7-8H2,1-2H3,(H,22,23). The van der Waals surface area contributed by atoms with Crippen LogP contribution in [0.4, 0.5) is 11.4 Å². The second-order valence-corrected chi connectivity index (χ2v) is 9.12. The molecule has 0 saturated carbocycles. The predicted molar refractivity (Wildman–Crippen MR) is 111 cm³/mol. The molecule has 6 nitrogen and oxygen atoms in total. The van der Waals surface area contributed by atoms with E-state index >= 15 is 0 Å². The van der Waals surface area contributed by atoms with Gasteiger partial charge in [-0.15, -0.1) is 0 Å². The van der Waals surface area contributed by atoms with Crippen LogP contribution in [-0.4, -0.2) is 25.2 Å². The molecule has 1 aromatic heterocycles. The van der Waals surface area contributed by atoms with Crippen LogP contribution >= 0.6 is 23.2 Å². The third kappa shape index (κ3) is 4.66. The number of sulfonamides is 1. The molecule has 0 bridgehead atoms. The highest BCUT2D eigenvalue weighted by atomic mass is 35.5. The van der Waals surface area contributed by atoms with E-state index < -0.39 is 10.0 Å². The topological polar surface area (TPSA) is 86.9 Å². The second kappa shape index (κ2) is 7.96. The fourth-order valence-electron chi connectivity index (χ4n) is 2.60. The van der Waals surface area contributed by atoms with Gasteiger partial charge in [-0.05, 0) is 48.7 Å². The molecule has 0 atom stereocenters. The van der Waals surface area contributed by atoms with Crippen molar-refractivity contribution in [3.63, 3.8) is 0 Å². The molecule has 0 fully saturated rings. The first-order valence-corrected chi connectivity index (χ1v) is 10.7. The number of aromatic amines is 1. The number of rotatable bonds is 7. The summed E-state index contributed by atoms with van der Waals surface area (Å²) in [5.74, 6) is 0.544. The number of H-pyrrole nitrogens is 1. The Balaban J connectivity index is 1.94. The molecule has 3 rings (SSSR count). The van der Waals surface area contributed by atoms with E-state index in [-0.39, 0.29) is 4.90 Å². The van der Waals surface area contributed by atoms with Gasteiger partial charge in [0.1, 0.15) is 10.7 Å². The van der Waals surface area contributed by atoms with Gasteiger partial charge in [0.05, 0.1) is 16.3 Å².